The van der Waals surface area contributed by atoms with Gasteiger partial charge < -0.3 is 0 Å². The average molecular weight is 861 g/mol. The number of rotatable bonds is 7. The molecule has 0 aliphatic heterocycles. The van der Waals surface area contributed by atoms with Gasteiger partial charge in [0.2, 0.25) is 0 Å². The molecular weight excluding hydrogens is 809 g/mol. The molecule has 8 aliphatic carbocycles. The van der Waals surface area contributed by atoms with Crippen LogP contribution in [0, 0.1) is 46.8 Å². The summed E-state index contributed by atoms with van der Waals surface area (Å²) in [6.07, 6.45) is 16.9. The van der Waals surface area contributed by atoms with E-state index < -0.39 is 0 Å². The zero-order valence-corrected chi connectivity index (χ0v) is 37.7. The molecule has 2 aromatic heterocycles. The molecule has 0 N–H and O–H groups in total. The smallest absolute Gasteiger partial charge is 0.164 e. The van der Waals surface area contributed by atoms with Crippen molar-refractivity contribution in [3.05, 3.63) is 150 Å². The van der Waals surface area contributed by atoms with Crippen molar-refractivity contribution < 1.29 is 0 Å². The first-order valence-electron chi connectivity index (χ1n) is 24.5. The molecule has 318 valence electrons. The number of nitrogens with zero attached hydrogens (tertiary/aromatic N) is 4. The Morgan fingerprint density at radius 2 is 0.815 bits per heavy atom. The number of aromatic nitrogens is 3. The Kier molecular flexibility index (Phi) is 8.56. The topological polar surface area (TPSA) is 62.5 Å². The molecule has 0 atom stereocenters. The second kappa shape index (κ2) is 14.5. The minimum atomic E-state index is 0.343. The van der Waals surface area contributed by atoms with Gasteiger partial charge in [-0.2, -0.15) is 5.26 Å². The van der Waals surface area contributed by atoms with Crippen LogP contribution >= 0.6 is 11.3 Å². The predicted octanol–water partition coefficient (Wildman–Crippen LogP) is 15.4. The third kappa shape index (κ3) is 6.46. The summed E-state index contributed by atoms with van der Waals surface area (Å²) in [7, 11) is 0. The Labute approximate surface area is 385 Å². The Bertz CT molecular complexity index is 3160. The van der Waals surface area contributed by atoms with E-state index in [9.17, 15) is 5.26 Å². The summed E-state index contributed by atoms with van der Waals surface area (Å²) in [5.41, 5.74) is 12.1. The normalized spacial score (nSPS) is 28.3. The first-order valence-corrected chi connectivity index (χ1v) is 25.3. The molecule has 8 fully saturated rings. The van der Waals surface area contributed by atoms with Crippen LogP contribution in [0.3, 0.4) is 0 Å². The van der Waals surface area contributed by atoms with E-state index in [1.165, 1.54) is 104 Å². The van der Waals surface area contributed by atoms with E-state index in [2.05, 4.69) is 127 Å². The molecule has 8 saturated carbocycles. The minimum Gasteiger partial charge on any atom is -0.208 e. The van der Waals surface area contributed by atoms with Gasteiger partial charge in [-0.3, -0.25) is 0 Å². The second-order valence-electron chi connectivity index (χ2n) is 21.7. The lowest BCUT2D eigenvalue weighted by molar-refractivity contribution is -0.00530. The Hall–Kier alpha value is -5.96. The maximum absolute atomic E-state index is 9.64. The van der Waals surface area contributed by atoms with Crippen molar-refractivity contribution in [2.75, 3.05) is 0 Å². The number of hydrogen-bond acceptors (Lipinski definition) is 5. The summed E-state index contributed by atoms with van der Waals surface area (Å²) < 4.78 is 2.35. The lowest BCUT2D eigenvalue weighted by Gasteiger charge is -2.57. The van der Waals surface area contributed by atoms with Gasteiger partial charge in [-0.1, -0.05) is 97.1 Å². The van der Waals surface area contributed by atoms with E-state index in [4.69, 9.17) is 15.0 Å². The predicted molar refractivity (Wildman–Crippen MR) is 264 cm³/mol. The summed E-state index contributed by atoms with van der Waals surface area (Å²) in [4.78, 5) is 15.8. The van der Waals surface area contributed by atoms with Crippen molar-refractivity contribution in [3.8, 4) is 62.5 Å². The molecule has 0 saturated heterocycles. The molecule has 0 spiro atoms. The summed E-state index contributed by atoms with van der Waals surface area (Å²) in [6.45, 7) is 0. The molecule has 2 heterocycles. The van der Waals surface area contributed by atoms with Crippen molar-refractivity contribution >= 4 is 31.5 Å². The maximum atomic E-state index is 9.64. The van der Waals surface area contributed by atoms with Crippen LogP contribution in [0.2, 0.25) is 0 Å². The lowest BCUT2D eigenvalue weighted by Crippen LogP contribution is -2.48. The maximum Gasteiger partial charge on any atom is 0.164 e. The fraction of sp³-hybridized carbons (Fsp3) is 0.333. The summed E-state index contributed by atoms with van der Waals surface area (Å²) in [6, 6.07) is 51.6. The van der Waals surface area contributed by atoms with Crippen LogP contribution in [0.4, 0.5) is 0 Å². The molecule has 6 aromatic carbocycles. The summed E-state index contributed by atoms with van der Waals surface area (Å²) >= 11 is 1.76. The van der Waals surface area contributed by atoms with Crippen LogP contribution in [0.1, 0.15) is 93.7 Å². The highest BCUT2D eigenvalue weighted by atomic mass is 32.1. The van der Waals surface area contributed by atoms with E-state index >= 15 is 0 Å². The quantitative estimate of drug-likeness (QED) is 0.160. The Morgan fingerprint density at radius 3 is 1.34 bits per heavy atom. The molecular formula is C60H52N4S. The van der Waals surface area contributed by atoms with Gasteiger partial charge in [0.05, 0.1) is 11.6 Å². The molecule has 0 radical (unpaired) electrons. The van der Waals surface area contributed by atoms with Crippen LogP contribution < -0.4 is 0 Å². The van der Waals surface area contributed by atoms with Crippen molar-refractivity contribution in [3.63, 3.8) is 0 Å². The van der Waals surface area contributed by atoms with Crippen molar-refractivity contribution in [1.29, 1.82) is 5.26 Å². The molecule has 0 amide bonds. The largest absolute Gasteiger partial charge is 0.208 e. The first-order chi connectivity index (χ1) is 31.9. The molecule has 5 heteroatoms. The van der Waals surface area contributed by atoms with Crippen LogP contribution in [-0.4, -0.2) is 15.0 Å². The Morgan fingerprint density at radius 1 is 0.400 bits per heavy atom. The zero-order valence-electron chi connectivity index (χ0n) is 36.8. The van der Waals surface area contributed by atoms with Crippen LogP contribution in [-0.2, 0) is 10.8 Å². The van der Waals surface area contributed by atoms with E-state index in [1.54, 1.807) is 16.9 Å². The highest BCUT2D eigenvalue weighted by Gasteiger charge is 2.52. The van der Waals surface area contributed by atoms with Gasteiger partial charge in [0.15, 0.2) is 17.5 Å². The van der Waals surface area contributed by atoms with Gasteiger partial charge in [0.25, 0.3) is 0 Å². The fourth-order valence-corrected chi connectivity index (χ4v) is 16.6. The van der Waals surface area contributed by atoms with Gasteiger partial charge >= 0.3 is 0 Å². The molecule has 0 unspecified atom stereocenters. The Balaban J connectivity index is 0.892. The van der Waals surface area contributed by atoms with E-state index in [-0.39, 0.29) is 0 Å². The van der Waals surface area contributed by atoms with E-state index in [0.717, 1.165) is 73.6 Å². The molecule has 8 bridgehead atoms. The second-order valence-corrected chi connectivity index (χ2v) is 22.7. The van der Waals surface area contributed by atoms with Gasteiger partial charge in [-0.05, 0) is 193 Å². The average Bonchev–Trinajstić information content (AvgIpc) is 3.70. The number of fused-ring (bicyclic) bond motifs is 3. The molecule has 65 heavy (non-hydrogen) atoms. The summed E-state index contributed by atoms with van der Waals surface area (Å²) in [5, 5.41) is 12.1. The van der Waals surface area contributed by atoms with E-state index in [1.807, 2.05) is 12.1 Å². The number of benzene rings is 6. The minimum absolute atomic E-state index is 0.343. The zero-order chi connectivity index (χ0) is 42.9. The molecule has 16 rings (SSSR count). The fourth-order valence-electron chi connectivity index (χ4n) is 15.4. The molecule has 8 aromatic rings. The van der Waals surface area contributed by atoms with Gasteiger partial charge in [-0.15, -0.1) is 11.3 Å². The first kappa shape index (κ1) is 38.3. The van der Waals surface area contributed by atoms with Crippen LogP contribution in [0.5, 0.6) is 0 Å². The SMILES string of the molecule is N#Cc1ccc2c(c1)sc1cc(-c3cc(-c4ccc(C56C[C@H]7C[C@@H](C5)C[C@@H](C6)C7)cc4)cc(-c4nc(-c5ccccc5)nc(-c5ccc(C67C[C@H]8C[C@@H](C6)C[C@@H](C7)C8)cc5)n4)c3)ccc12. The van der Waals surface area contributed by atoms with Crippen molar-refractivity contribution in [2.45, 2.75) is 87.9 Å². The van der Waals surface area contributed by atoms with Crippen LogP contribution in [0.25, 0.3) is 76.6 Å². The monoisotopic (exact) mass is 860 g/mol. The third-order valence-corrected chi connectivity index (χ3v) is 18.6. The van der Waals surface area contributed by atoms with Crippen molar-refractivity contribution in [1.82, 2.24) is 15.0 Å². The number of hydrogen-bond donors (Lipinski definition) is 0. The molecule has 4 nitrogen and oxygen atoms in total. The highest BCUT2D eigenvalue weighted by Crippen LogP contribution is 2.62. The van der Waals surface area contributed by atoms with Crippen molar-refractivity contribution in [2.24, 2.45) is 35.5 Å². The summed E-state index contributed by atoms with van der Waals surface area (Å²) in [5.74, 6) is 7.54. The van der Waals surface area contributed by atoms with E-state index in [0.29, 0.717) is 33.9 Å². The van der Waals surface area contributed by atoms with Gasteiger partial charge in [-0.25, -0.2) is 15.0 Å². The lowest BCUT2D eigenvalue weighted by atomic mass is 9.48. The number of thiophene rings is 1. The van der Waals surface area contributed by atoms with Crippen LogP contribution in [0.15, 0.2) is 133 Å². The van der Waals surface area contributed by atoms with Gasteiger partial charge in [0.1, 0.15) is 0 Å². The number of nitriles is 1. The molecule has 8 aliphatic rings. The standard InChI is InChI=1S/C60H52N4S/c61-35-36-6-16-52-53-17-11-46(28-55(53)65-54(52)24-36)48-25-47(43-7-12-50(13-8-43)59-29-37-18-38(30-59)20-39(19-37)31-59)26-49(27-48)58-63-56(44-4-2-1-3-5-44)62-57(64-58)45-9-14-51(15-10-45)60-32-40-21-41(33-60)23-42(22-40)34-60/h1-17,24-28,37-42H,18-23,29-34H2/t37-,38+,39-,40-,41+,42-,59?,60?. The van der Waals surface area contributed by atoms with Gasteiger partial charge in [0, 0.05) is 36.9 Å². The third-order valence-electron chi connectivity index (χ3n) is 17.5. The highest BCUT2D eigenvalue weighted by molar-refractivity contribution is 7.25.